The number of aromatic nitrogens is 2. The lowest BCUT2D eigenvalue weighted by atomic mass is 9.97. The summed E-state index contributed by atoms with van der Waals surface area (Å²) in [6.07, 6.45) is 0.918. The molecule has 0 aliphatic rings. The third kappa shape index (κ3) is 3.36. The first kappa shape index (κ1) is 17.0. The zero-order valence-electron chi connectivity index (χ0n) is 14.8. The standard InChI is InChI=1S/C20H23N3O2/c1-4-13-11-15(25-6-3)8-10-16(13)14-7-9-17-18(12-14)22-23-19(17)20(24)21-5-2/h7-12H,4-6H2,1-3H3,(H,21,24)(H,22,23). The molecule has 25 heavy (non-hydrogen) atoms. The van der Waals surface area contributed by atoms with E-state index in [0.29, 0.717) is 18.8 Å². The molecule has 3 rings (SSSR count). The lowest BCUT2D eigenvalue weighted by Gasteiger charge is -2.11. The normalized spacial score (nSPS) is 10.8. The summed E-state index contributed by atoms with van der Waals surface area (Å²) in [7, 11) is 0. The number of rotatable bonds is 6. The molecule has 0 radical (unpaired) electrons. The lowest BCUT2D eigenvalue weighted by molar-refractivity contribution is 0.0952. The van der Waals surface area contributed by atoms with Gasteiger partial charge in [0.05, 0.1) is 12.1 Å². The van der Waals surface area contributed by atoms with Gasteiger partial charge in [0, 0.05) is 11.9 Å². The third-order valence-corrected chi connectivity index (χ3v) is 4.19. The summed E-state index contributed by atoms with van der Waals surface area (Å²) in [5.74, 6) is 0.737. The monoisotopic (exact) mass is 337 g/mol. The molecule has 1 heterocycles. The fraction of sp³-hybridized carbons (Fsp3) is 0.300. The fourth-order valence-corrected chi connectivity index (χ4v) is 3.01. The predicted octanol–water partition coefficient (Wildman–Crippen LogP) is 3.94. The van der Waals surface area contributed by atoms with Crippen LogP contribution in [0.3, 0.4) is 0 Å². The molecule has 0 spiro atoms. The first-order chi connectivity index (χ1) is 12.2. The molecule has 1 amide bonds. The van der Waals surface area contributed by atoms with Gasteiger partial charge in [0.1, 0.15) is 5.75 Å². The van der Waals surface area contributed by atoms with Crippen molar-refractivity contribution >= 4 is 16.8 Å². The van der Waals surface area contributed by atoms with E-state index < -0.39 is 0 Å². The van der Waals surface area contributed by atoms with Crippen molar-refractivity contribution in [3.05, 3.63) is 47.7 Å². The maximum absolute atomic E-state index is 12.1. The van der Waals surface area contributed by atoms with E-state index in [2.05, 4.69) is 34.6 Å². The van der Waals surface area contributed by atoms with Gasteiger partial charge in [-0.15, -0.1) is 0 Å². The zero-order chi connectivity index (χ0) is 17.8. The molecule has 0 bridgehead atoms. The van der Waals surface area contributed by atoms with Gasteiger partial charge >= 0.3 is 0 Å². The lowest BCUT2D eigenvalue weighted by Crippen LogP contribution is -2.23. The summed E-state index contributed by atoms with van der Waals surface area (Å²) < 4.78 is 5.60. The summed E-state index contributed by atoms with van der Waals surface area (Å²) in [4.78, 5) is 12.1. The number of fused-ring (bicyclic) bond motifs is 1. The van der Waals surface area contributed by atoms with Crippen molar-refractivity contribution in [1.29, 1.82) is 0 Å². The number of H-pyrrole nitrogens is 1. The summed E-state index contributed by atoms with van der Waals surface area (Å²) in [5.41, 5.74) is 4.79. The number of nitrogens with zero attached hydrogens (tertiary/aromatic N) is 1. The molecule has 0 aliphatic heterocycles. The minimum Gasteiger partial charge on any atom is -0.494 e. The van der Waals surface area contributed by atoms with Crippen molar-refractivity contribution < 1.29 is 9.53 Å². The van der Waals surface area contributed by atoms with Crippen LogP contribution in [0.4, 0.5) is 0 Å². The van der Waals surface area contributed by atoms with Crippen LogP contribution >= 0.6 is 0 Å². The van der Waals surface area contributed by atoms with E-state index >= 15 is 0 Å². The van der Waals surface area contributed by atoms with Crippen LogP contribution in [0.25, 0.3) is 22.0 Å². The molecule has 5 heteroatoms. The van der Waals surface area contributed by atoms with Crippen molar-refractivity contribution in [3.8, 4) is 16.9 Å². The molecule has 3 aromatic rings. The Morgan fingerprint density at radius 1 is 1.16 bits per heavy atom. The van der Waals surface area contributed by atoms with Crippen molar-refractivity contribution in [1.82, 2.24) is 15.5 Å². The van der Waals surface area contributed by atoms with Crippen LogP contribution in [0.1, 0.15) is 36.8 Å². The van der Waals surface area contributed by atoms with Gasteiger partial charge < -0.3 is 10.1 Å². The minimum atomic E-state index is -0.156. The third-order valence-electron chi connectivity index (χ3n) is 4.19. The predicted molar refractivity (Wildman–Crippen MR) is 100 cm³/mol. The number of hydrogen-bond acceptors (Lipinski definition) is 3. The number of nitrogens with one attached hydrogen (secondary N) is 2. The first-order valence-corrected chi connectivity index (χ1v) is 8.70. The van der Waals surface area contributed by atoms with Crippen molar-refractivity contribution in [2.24, 2.45) is 0 Å². The second-order valence-electron chi connectivity index (χ2n) is 5.80. The smallest absolute Gasteiger partial charge is 0.272 e. The van der Waals surface area contributed by atoms with E-state index in [0.717, 1.165) is 28.6 Å². The SMILES string of the molecule is CCNC(=O)c1n[nH]c2cc(-c3ccc(OCC)cc3CC)ccc12. The molecule has 5 nitrogen and oxygen atoms in total. The van der Waals surface area contributed by atoms with E-state index in [9.17, 15) is 4.79 Å². The molecule has 0 saturated carbocycles. The second-order valence-corrected chi connectivity index (χ2v) is 5.80. The van der Waals surface area contributed by atoms with Crippen LogP contribution in [0.2, 0.25) is 0 Å². The van der Waals surface area contributed by atoms with Gasteiger partial charge in [-0.3, -0.25) is 9.89 Å². The zero-order valence-corrected chi connectivity index (χ0v) is 14.8. The van der Waals surface area contributed by atoms with Crippen LogP contribution in [0.5, 0.6) is 5.75 Å². The highest BCUT2D eigenvalue weighted by atomic mass is 16.5. The Kier molecular flexibility index (Phi) is 5.03. The summed E-state index contributed by atoms with van der Waals surface area (Å²) in [5, 5.41) is 10.8. The molecule has 1 aromatic heterocycles. The fourth-order valence-electron chi connectivity index (χ4n) is 3.01. The van der Waals surface area contributed by atoms with Crippen LogP contribution in [0.15, 0.2) is 36.4 Å². The second kappa shape index (κ2) is 7.38. The Morgan fingerprint density at radius 3 is 2.72 bits per heavy atom. The molecule has 0 atom stereocenters. The van der Waals surface area contributed by atoms with Gasteiger partial charge in [-0.25, -0.2) is 0 Å². The average molecular weight is 337 g/mol. The number of amides is 1. The number of aromatic amines is 1. The molecule has 0 aliphatic carbocycles. The number of aryl methyl sites for hydroxylation is 1. The summed E-state index contributed by atoms with van der Waals surface area (Å²) in [6.45, 7) is 7.25. The van der Waals surface area contributed by atoms with Crippen LogP contribution in [-0.4, -0.2) is 29.3 Å². The average Bonchev–Trinajstić information content (AvgIpc) is 3.05. The summed E-state index contributed by atoms with van der Waals surface area (Å²) >= 11 is 0. The minimum absolute atomic E-state index is 0.156. The van der Waals surface area contributed by atoms with Gasteiger partial charge in [0.2, 0.25) is 0 Å². The quantitative estimate of drug-likeness (QED) is 0.716. The van der Waals surface area contributed by atoms with Crippen molar-refractivity contribution in [2.75, 3.05) is 13.2 Å². The van der Waals surface area contributed by atoms with E-state index in [4.69, 9.17) is 4.74 Å². The molecular weight excluding hydrogens is 314 g/mol. The van der Waals surface area contributed by atoms with Crippen molar-refractivity contribution in [3.63, 3.8) is 0 Å². The highest BCUT2D eigenvalue weighted by Crippen LogP contribution is 2.30. The molecule has 2 aromatic carbocycles. The Morgan fingerprint density at radius 2 is 2.00 bits per heavy atom. The Bertz CT molecular complexity index is 899. The number of carbonyl (C=O) groups excluding carboxylic acids is 1. The highest BCUT2D eigenvalue weighted by molar-refractivity contribution is 6.05. The van der Waals surface area contributed by atoms with E-state index in [-0.39, 0.29) is 5.91 Å². The number of benzene rings is 2. The molecule has 0 saturated heterocycles. The topological polar surface area (TPSA) is 67.0 Å². The Labute approximate surface area is 147 Å². The Hall–Kier alpha value is -2.82. The van der Waals surface area contributed by atoms with Crippen LogP contribution in [0, 0.1) is 0 Å². The maximum atomic E-state index is 12.1. The molecule has 0 fully saturated rings. The molecule has 0 unspecified atom stereocenters. The van der Waals surface area contributed by atoms with E-state index in [1.807, 2.05) is 38.1 Å². The van der Waals surface area contributed by atoms with Gasteiger partial charge in [-0.1, -0.05) is 19.1 Å². The largest absolute Gasteiger partial charge is 0.494 e. The Balaban J connectivity index is 2.01. The molecule has 130 valence electrons. The number of hydrogen-bond donors (Lipinski definition) is 2. The van der Waals surface area contributed by atoms with Crippen LogP contribution < -0.4 is 10.1 Å². The molecular formula is C20H23N3O2. The summed E-state index contributed by atoms with van der Waals surface area (Å²) in [6, 6.07) is 12.2. The van der Waals surface area contributed by atoms with E-state index in [1.54, 1.807) is 0 Å². The highest BCUT2D eigenvalue weighted by Gasteiger charge is 2.14. The molecule has 2 N–H and O–H groups in total. The number of ether oxygens (including phenoxy) is 1. The van der Waals surface area contributed by atoms with Gasteiger partial charge in [0.25, 0.3) is 5.91 Å². The van der Waals surface area contributed by atoms with E-state index in [1.165, 1.54) is 11.1 Å². The van der Waals surface area contributed by atoms with Crippen LogP contribution in [-0.2, 0) is 6.42 Å². The van der Waals surface area contributed by atoms with Gasteiger partial charge in [0.15, 0.2) is 5.69 Å². The maximum Gasteiger partial charge on any atom is 0.272 e. The van der Waals surface area contributed by atoms with Gasteiger partial charge in [-0.2, -0.15) is 5.10 Å². The van der Waals surface area contributed by atoms with Crippen molar-refractivity contribution in [2.45, 2.75) is 27.2 Å². The first-order valence-electron chi connectivity index (χ1n) is 8.70. The number of carbonyl (C=O) groups is 1. The van der Waals surface area contributed by atoms with Gasteiger partial charge in [-0.05, 0) is 61.2 Å².